The Bertz CT molecular complexity index is 822. The van der Waals surface area contributed by atoms with E-state index in [1.807, 2.05) is 36.4 Å². The Kier molecular flexibility index (Phi) is 5.04. The van der Waals surface area contributed by atoms with Crippen LogP contribution < -0.4 is 21.7 Å². The van der Waals surface area contributed by atoms with Crippen LogP contribution in [0.15, 0.2) is 72.1 Å². The average Bonchev–Trinajstić information content (AvgIpc) is 2.63. The van der Waals surface area contributed by atoms with E-state index in [9.17, 15) is 4.79 Å². The molecule has 1 aliphatic rings. The summed E-state index contributed by atoms with van der Waals surface area (Å²) in [6.45, 7) is 3.59. The van der Waals surface area contributed by atoms with Gasteiger partial charge in [-0.2, -0.15) is 0 Å². The van der Waals surface area contributed by atoms with Crippen molar-refractivity contribution < 1.29 is 4.79 Å². The number of nitrogens with two attached hydrogens (primary N) is 1. The molecule has 1 heterocycles. The van der Waals surface area contributed by atoms with Gasteiger partial charge in [-0.1, -0.05) is 36.4 Å². The molecular weight excluding hydrogens is 312 g/mol. The van der Waals surface area contributed by atoms with Crippen molar-refractivity contribution in [3.63, 3.8) is 0 Å². The second-order valence-electron chi connectivity index (χ2n) is 5.93. The molecule has 3 rings (SSSR count). The highest BCUT2D eigenvalue weighted by Gasteiger charge is 2.08. The maximum absolute atomic E-state index is 12.3. The van der Waals surface area contributed by atoms with E-state index in [4.69, 9.17) is 5.73 Å². The summed E-state index contributed by atoms with van der Waals surface area (Å²) in [5, 5.41) is 9.52. The molecule has 0 fully saturated rings. The molecule has 2 aromatic rings. The third kappa shape index (κ3) is 4.20. The lowest BCUT2D eigenvalue weighted by atomic mass is 10.1. The number of allylic oxidation sites excluding steroid dienone is 2. The number of dihydropyridines is 1. The zero-order valence-electron chi connectivity index (χ0n) is 14.2. The molecule has 0 bridgehead atoms. The molecule has 5 N–H and O–H groups in total. The summed E-state index contributed by atoms with van der Waals surface area (Å²) in [7, 11) is 0. The van der Waals surface area contributed by atoms with Crippen molar-refractivity contribution in [1.82, 2.24) is 10.6 Å². The van der Waals surface area contributed by atoms with Crippen LogP contribution in [0, 0.1) is 0 Å². The van der Waals surface area contributed by atoms with Crippen LogP contribution in [0.3, 0.4) is 0 Å². The van der Waals surface area contributed by atoms with Gasteiger partial charge < -0.3 is 21.7 Å². The van der Waals surface area contributed by atoms with Crippen LogP contribution in [0.4, 0.5) is 11.4 Å². The van der Waals surface area contributed by atoms with Crippen LogP contribution in [0.1, 0.15) is 22.8 Å². The Balaban J connectivity index is 1.61. The highest BCUT2D eigenvalue weighted by molar-refractivity contribution is 6.05. The second kappa shape index (κ2) is 7.57. The summed E-state index contributed by atoms with van der Waals surface area (Å²) in [5.74, 6) is 0.874. The van der Waals surface area contributed by atoms with Crippen molar-refractivity contribution in [3.8, 4) is 0 Å². The molecular formula is C20H22N4O. The van der Waals surface area contributed by atoms with Crippen molar-refractivity contribution in [2.24, 2.45) is 0 Å². The van der Waals surface area contributed by atoms with Gasteiger partial charge in [0, 0.05) is 18.7 Å². The number of hydrogen-bond acceptors (Lipinski definition) is 4. The number of carbonyl (C=O) groups excluding carboxylic acids is 1. The minimum atomic E-state index is -0.171. The van der Waals surface area contributed by atoms with Crippen LogP contribution >= 0.6 is 0 Å². The largest absolute Gasteiger partial charge is 0.397 e. The Morgan fingerprint density at radius 2 is 1.92 bits per heavy atom. The summed E-state index contributed by atoms with van der Waals surface area (Å²) in [5.41, 5.74) is 9.91. The monoisotopic (exact) mass is 334 g/mol. The Hall–Kier alpha value is -3.21. The van der Waals surface area contributed by atoms with Crippen molar-refractivity contribution in [1.29, 1.82) is 0 Å². The first kappa shape index (κ1) is 16.6. The molecule has 0 unspecified atom stereocenters. The fraction of sp³-hybridized carbons (Fsp3) is 0.150. The first-order valence-electron chi connectivity index (χ1n) is 8.23. The molecule has 1 amide bonds. The smallest absolute Gasteiger partial charge is 0.255 e. The van der Waals surface area contributed by atoms with Gasteiger partial charge in [0.25, 0.3) is 5.91 Å². The number of carbonyl (C=O) groups is 1. The van der Waals surface area contributed by atoms with Gasteiger partial charge >= 0.3 is 0 Å². The molecule has 0 aliphatic carbocycles. The third-order valence-corrected chi connectivity index (χ3v) is 4.05. The third-order valence-electron chi connectivity index (χ3n) is 4.05. The van der Waals surface area contributed by atoms with Gasteiger partial charge in [0.2, 0.25) is 0 Å². The minimum absolute atomic E-state index is 0.171. The van der Waals surface area contributed by atoms with Crippen LogP contribution in [0.2, 0.25) is 0 Å². The summed E-state index contributed by atoms with van der Waals surface area (Å²) >= 11 is 0. The van der Waals surface area contributed by atoms with E-state index in [1.54, 1.807) is 12.1 Å². The summed E-state index contributed by atoms with van der Waals surface area (Å²) in [6.07, 6.45) is 4.19. The van der Waals surface area contributed by atoms with Gasteiger partial charge in [-0.25, -0.2) is 0 Å². The normalized spacial score (nSPS) is 13.3. The summed E-state index contributed by atoms with van der Waals surface area (Å²) in [4.78, 5) is 12.3. The van der Waals surface area contributed by atoms with E-state index in [1.165, 1.54) is 5.57 Å². The van der Waals surface area contributed by atoms with Gasteiger partial charge in [-0.15, -0.1) is 0 Å². The Labute approximate surface area is 147 Å². The van der Waals surface area contributed by atoms with Crippen molar-refractivity contribution in [2.45, 2.75) is 13.5 Å². The second-order valence-corrected chi connectivity index (χ2v) is 5.93. The van der Waals surface area contributed by atoms with Gasteiger partial charge in [0.05, 0.1) is 11.4 Å². The molecule has 0 saturated carbocycles. The zero-order valence-corrected chi connectivity index (χ0v) is 14.2. The Morgan fingerprint density at radius 1 is 1.16 bits per heavy atom. The number of benzene rings is 2. The molecule has 5 nitrogen and oxygen atoms in total. The molecule has 2 aromatic carbocycles. The molecule has 128 valence electrons. The Morgan fingerprint density at radius 3 is 2.64 bits per heavy atom. The van der Waals surface area contributed by atoms with Crippen LogP contribution in [0.5, 0.6) is 0 Å². The average molecular weight is 334 g/mol. The zero-order chi connectivity index (χ0) is 17.6. The van der Waals surface area contributed by atoms with Gasteiger partial charge in [-0.05, 0) is 42.3 Å². The molecule has 0 saturated heterocycles. The maximum Gasteiger partial charge on any atom is 0.255 e. The highest BCUT2D eigenvalue weighted by Crippen LogP contribution is 2.18. The molecule has 1 aliphatic heterocycles. The maximum atomic E-state index is 12.3. The number of nitrogen functional groups attached to an aromatic ring is 1. The number of nitrogens with one attached hydrogen (secondary N) is 3. The summed E-state index contributed by atoms with van der Waals surface area (Å²) < 4.78 is 0. The lowest BCUT2D eigenvalue weighted by Crippen LogP contribution is -2.29. The van der Waals surface area contributed by atoms with Gasteiger partial charge in [0.15, 0.2) is 0 Å². The number of hydrogen-bond donors (Lipinski definition) is 4. The first-order chi connectivity index (χ1) is 12.1. The fourth-order valence-electron chi connectivity index (χ4n) is 2.59. The number of rotatable bonds is 5. The van der Waals surface area contributed by atoms with E-state index in [-0.39, 0.29) is 5.91 Å². The molecule has 0 spiro atoms. The standard InChI is InChI=1S/C20H22N4O/c1-14-5-4-12-22-19(14)23-13-15-8-10-16(11-9-15)20(25)24-18-7-3-2-6-17(18)21/h2-11,22-23H,12-13,21H2,1H3,(H,24,25). The van der Waals surface area contributed by atoms with E-state index < -0.39 is 0 Å². The van der Waals surface area contributed by atoms with Crippen molar-refractivity contribution in [3.05, 3.63) is 83.2 Å². The SMILES string of the molecule is CC1=C(NCc2ccc(C(=O)Nc3ccccc3N)cc2)NCC=C1. The predicted octanol–water partition coefficient (Wildman–Crippen LogP) is 3.00. The number of amides is 1. The van der Waals surface area contributed by atoms with E-state index in [0.717, 1.165) is 17.9 Å². The fourth-order valence-corrected chi connectivity index (χ4v) is 2.59. The van der Waals surface area contributed by atoms with Gasteiger partial charge in [0.1, 0.15) is 5.82 Å². The van der Waals surface area contributed by atoms with Crippen molar-refractivity contribution in [2.75, 3.05) is 17.6 Å². The minimum Gasteiger partial charge on any atom is -0.397 e. The molecule has 0 atom stereocenters. The molecule has 5 heteroatoms. The van der Waals surface area contributed by atoms with Crippen LogP contribution in [-0.4, -0.2) is 12.5 Å². The number of para-hydroxylation sites is 2. The lowest BCUT2D eigenvalue weighted by molar-refractivity contribution is 0.102. The van der Waals surface area contributed by atoms with E-state index in [2.05, 4.69) is 35.0 Å². The van der Waals surface area contributed by atoms with Crippen molar-refractivity contribution >= 4 is 17.3 Å². The highest BCUT2D eigenvalue weighted by atomic mass is 16.1. The molecule has 0 radical (unpaired) electrons. The molecule has 0 aromatic heterocycles. The van der Waals surface area contributed by atoms with Crippen LogP contribution in [0.25, 0.3) is 0 Å². The van der Waals surface area contributed by atoms with E-state index in [0.29, 0.717) is 23.5 Å². The van der Waals surface area contributed by atoms with E-state index >= 15 is 0 Å². The van der Waals surface area contributed by atoms with Gasteiger partial charge in [-0.3, -0.25) is 4.79 Å². The topological polar surface area (TPSA) is 79.2 Å². The lowest BCUT2D eigenvalue weighted by Gasteiger charge is -2.17. The number of anilines is 2. The first-order valence-corrected chi connectivity index (χ1v) is 8.23. The molecule has 25 heavy (non-hydrogen) atoms. The predicted molar refractivity (Wildman–Crippen MR) is 102 cm³/mol. The van der Waals surface area contributed by atoms with Crippen LogP contribution in [-0.2, 0) is 6.54 Å². The summed E-state index contributed by atoms with van der Waals surface area (Å²) in [6, 6.07) is 14.8. The quantitative estimate of drug-likeness (QED) is 0.634.